The minimum atomic E-state index is -0.271. The average Bonchev–Trinajstić information content (AvgIpc) is 2.83. The summed E-state index contributed by atoms with van der Waals surface area (Å²) in [6.07, 6.45) is 2.69. The van der Waals surface area contributed by atoms with Crippen LogP contribution in [-0.2, 0) is 6.54 Å². The van der Waals surface area contributed by atoms with Crippen LogP contribution < -0.4 is 5.32 Å². The SMILES string of the molecule is CCCn1nncc1C(NC)c1ccc(Br)c(F)c1. The molecule has 1 aromatic heterocycles. The summed E-state index contributed by atoms with van der Waals surface area (Å²) in [6.45, 7) is 2.88. The van der Waals surface area contributed by atoms with Crippen molar-refractivity contribution in [2.24, 2.45) is 0 Å². The van der Waals surface area contributed by atoms with E-state index in [-0.39, 0.29) is 11.9 Å². The summed E-state index contributed by atoms with van der Waals surface area (Å²) < 4.78 is 16.0. The molecule has 4 nitrogen and oxygen atoms in total. The van der Waals surface area contributed by atoms with Gasteiger partial charge in [0.1, 0.15) is 5.82 Å². The van der Waals surface area contributed by atoms with E-state index < -0.39 is 0 Å². The zero-order valence-electron chi connectivity index (χ0n) is 10.9. The number of rotatable bonds is 5. The summed E-state index contributed by atoms with van der Waals surface area (Å²) in [5.41, 5.74) is 1.79. The molecule has 19 heavy (non-hydrogen) atoms. The molecule has 2 rings (SSSR count). The van der Waals surface area contributed by atoms with E-state index in [2.05, 4.69) is 38.5 Å². The third kappa shape index (κ3) is 3.01. The molecule has 6 heteroatoms. The van der Waals surface area contributed by atoms with E-state index in [0.717, 1.165) is 24.2 Å². The molecule has 102 valence electrons. The van der Waals surface area contributed by atoms with Crippen LogP contribution in [0.3, 0.4) is 0 Å². The summed E-state index contributed by atoms with van der Waals surface area (Å²) in [4.78, 5) is 0. The van der Waals surface area contributed by atoms with E-state index in [1.807, 2.05) is 17.8 Å². The van der Waals surface area contributed by atoms with Gasteiger partial charge in [-0.25, -0.2) is 9.07 Å². The lowest BCUT2D eigenvalue weighted by Crippen LogP contribution is -2.21. The van der Waals surface area contributed by atoms with Crippen LogP contribution in [0.2, 0.25) is 0 Å². The summed E-state index contributed by atoms with van der Waals surface area (Å²) in [7, 11) is 1.84. The number of benzene rings is 1. The van der Waals surface area contributed by atoms with E-state index in [9.17, 15) is 4.39 Å². The van der Waals surface area contributed by atoms with Crippen LogP contribution >= 0.6 is 15.9 Å². The van der Waals surface area contributed by atoms with Crippen molar-refractivity contribution in [3.8, 4) is 0 Å². The number of aromatic nitrogens is 3. The fourth-order valence-corrected chi connectivity index (χ4v) is 2.30. The molecule has 0 fully saturated rings. The topological polar surface area (TPSA) is 42.7 Å². The normalized spacial score (nSPS) is 12.6. The number of nitrogens with zero attached hydrogens (tertiary/aromatic N) is 3. The molecule has 0 amide bonds. The summed E-state index contributed by atoms with van der Waals surface area (Å²) in [5, 5.41) is 11.2. The molecule has 2 aromatic rings. The van der Waals surface area contributed by atoms with Crippen LogP contribution in [-0.4, -0.2) is 22.0 Å². The quantitative estimate of drug-likeness (QED) is 0.918. The van der Waals surface area contributed by atoms with E-state index in [4.69, 9.17) is 0 Å². The van der Waals surface area contributed by atoms with Gasteiger partial charge in [0.15, 0.2) is 0 Å². The van der Waals surface area contributed by atoms with Crippen LogP contribution in [0.15, 0.2) is 28.9 Å². The van der Waals surface area contributed by atoms with E-state index in [1.165, 1.54) is 6.07 Å². The minimum absolute atomic E-state index is 0.121. The third-order valence-electron chi connectivity index (χ3n) is 2.94. The Morgan fingerprint density at radius 3 is 2.89 bits per heavy atom. The van der Waals surface area contributed by atoms with Crippen molar-refractivity contribution in [3.63, 3.8) is 0 Å². The van der Waals surface area contributed by atoms with E-state index >= 15 is 0 Å². The maximum absolute atomic E-state index is 13.7. The predicted molar refractivity (Wildman–Crippen MR) is 75.3 cm³/mol. The molecule has 0 aliphatic carbocycles. The average molecular weight is 327 g/mol. The number of hydrogen-bond acceptors (Lipinski definition) is 3. The van der Waals surface area contributed by atoms with Crippen molar-refractivity contribution in [2.75, 3.05) is 7.05 Å². The molecule has 1 aromatic carbocycles. The second kappa shape index (κ2) is 6.25. The van der Waals surface area contributed by atoms with Gasteiger partial charge in [-0.3, -0.25) is 0 Å². The maximum Gasteiger partial charge on any atom is 0.137 e. The molecular formula is C13H16BrFN4. The van der Waals surface area contributed by atoms with Crippen molar-refractivity contribution in [3.05, 3.63) is 45.9 Å². The first-order valence-electron chi connectivity index (χ1n) is 6.18. The lowest BCUT2D eigenvalue weighted by Gasteiger charge is -2.17. The first-order chi connectivity index (χ1) is 9.17. The van der Waals surface area contributed by atoms with Gasteiger partial charge in [-0.1, -0.05) is 18.2 Å². The zero-order chi connectivity index (χ0) is 13.8. The molecule has 0 aliphatic heterocycles. The Kier molecular flexibility index (Phi) is 4.66. The van der Waals surface area contributed by atoms with Gasteiger partial charge in [0.25, 0.3) is 0 Å². The van der Waals surface area contributed by atoms with Crippen molar-refractivity contribution >= 4 is 15.9 Å². The Hall–Kier alpha value is -1.27. The first-order valence-corrected chi connectivity index (χ1v) is 6.97. The summed E-state index contributed by atoms with van der Waals surface area (Å²) in [5.74, 6) is -0.271. The Morgan fingerprint density at radius 1 is 1.47 bits per heavy atom. The monoisotopic (exact) mass is 326 g/mol. The Bertz CT molecular complexity index is 555. The number of nitrogens with one attached hydrogen (secondary N) is 1. The molecule has 1 N–H and O–H groups in total. The molecule has 0 spiro atoms. The number of hydrogen-bond donors (Lipinski definition) is 1. The second-order valence-electron chi connectivity index (χ2n) is 4.28. The van der Waals surface area contributed by atoms with Gasteiger partial charge in [-0.05, 0) is 47.1 Å². The van der Waals surface area contributed by atoms with Gasteiger partial charge in [0.05, 0.1) is 22.4 Å². The Morgan fingerprint density at radius 2 is 2.26 bits per heavy atom. The highest BCUT2D eigenvalue weighted by molar-refractivity contribution is 9.10. The van der Waals surface area contributed by atoms with Crippen LogP contribution in [0, 0.1) is 5.82 Å². The van der Waals surface area contributed by atoms with Crippen molar-refractivity contribution in [1.29, 1.82) is 0 Å². The standard InChI is InChI=1S/C13H16BrFN4/c1-3-6-19-12(8-17-18-19)13(16-2)9-4-5-10(14)11(15)7-9/h4-5,7-8,13,16H,3,6H2,1-2H3. The van der Waals surface area contributed by atoms with E-state index in [1.54, 1.807) is 12.3 Å². The highest BCUT2D eigenvalue weighted by atomic mass is 79.9. The molecule has 0 aliphatic rings. The van der Waals surface area contributed by atoms with Gasteiger partial charge in [-0.15, -0.1) is 5.10 Å². The largest absolute Gasteiger partial charge is 0.308 e. The molecule has 0 saturated heterocycles. The summed E-state index contributed by atoms with van der Waals surface area (Å²) >= 11 is 3.16. The van der Waals surface area contributed by atoms with Gasteiger partial charge < -0.3 is 5.32 Å². The van der Waals surface area contributed by atoms with E-state index in [0.29, 0.717) is 4.47 Å². The van der Waals surface area contributed by atoms with Crippen LogP contribution in [0.5, 0.6) is 0 Å². The molecule has 0 saturated carbocycles. The Labute approximate surface area is 120 Å². The highest BCUT2D eigenvalue weighted by Crippen LogP contribution is 2.25. The zero-order valence-corrected chi connectivity index (χ0v) is 12.5. The molecule has 0 radical (unpaired) electrons. The molecule has 0 bridgehead atoms. The number of aryl methyl sites for hydroxylation is 1. The Balaban J connectivity index is 2.38. The van der Waals surface area contributed by atoms with Crippen LogP contribution in [0.4, 0.5) is 4.39 Å². The molecule has 1 unspecified atom stereocenters. The highest BCUT2D eigenvalue weighted by Gasteiger charge is 2.18. The smallest absolute Gasteiger partial charge is 0.137 e. The van der Waals surface area contributed by atoms with Crippen LogP contribution in [0.25, 0.3) is 0 Å². The molecular weight excluding hydrogens is 311 g/mol. The van der Waals surface area contributed by atoms with Crippen molar-refractivity contribution in [1.82, 2.24) is 20.3 Å². The summed E-state index contributed by atoms with van der Waals surface area (Å²) in [6, 6.07) is 5.00. The van der Waals surface area contributed by atoms with Gasteiger partial charge in [0, 0.05) is 6.54 Å². The van der Waals surface area contributed by atoms with Gasteiger partial charge >= 0.3 is 0 Å². The predicted octanol–water partition coefficient (Wildman–Crippen LogP) is 2.90. The maximum atomic E-state index is 13.7. The first kappa shape index (κ1) is 14.1. The van der Waals surface area contributed by atoms with Crippen LogP contribution in [0.1, 0.15) is 30.6 Å². The molecule has 1 atom stereocenters. The minimum Gasteiger partial charge on any atom is -0.308 e. The lowest BCUT2D eigenvalue weighted by atomic mass is 10.0. The fraction of sp³-hybridized carbons (Fsp3) is 0.385. The van der Waals surface area contributed by atoms with Crippen molar-refractivity contribution < 1.29 is 4.39 Å². The van der Waals surface area contributed by atoms with Gasteiger partial charge in [0.2, 0.25) is 0 Å². The van der Waals surface area contributed by atoms with Crippen molar-refractivity contribution in [2.45, 2.75) is 25.9 Å². The fourth-order valence-electron chi connectivity index (χ4n) is 2.05. The lowest BCUT2D eigenvalue weighted by molar-refractivity contribution is 0.521. The second-order valence-corrected chi connectivity index (χ2v) is 5.13. The van der Waals surface area contributed by atoms with Gasteiger partial charge in [-0.2, -0.15) is 0 Å². The third-order valence-corrected chi connectivity index (χ3v) is 3.59. The number of halogens is 2. The molecule has 1 heterocycles.